The number of hydrogen-bond donors (Lipinski definition) is 2. The van der Waals surface area contributed by atoms with Crippen LogP contribution in [0.3, 0.4) is 0 Å². The van der Waals surface area contributed by atoms with E-state index in [1.807, 2.05) is 7.05 Å². The van der Waals surface area contributed by atoms with Crippen LogP contribution in [0.5, 0.6) is 0 Å². The van der Waals surface area contributed by atoms with E-state index in [1.165, 1.54) is 25.8 Å². The maximum Gasteiger partial charge on any atom is 0.220 e. The summed E-state index contributed by atoms with van der Waals surface area (Å²) in [6, 6.07) is 0.557. The van der Waals surface area contributed by atoms with E-state index >= 15 is 0 Å². The Morgan fingerprint density at radius 3 is 2.68 bits per heavy atom. The Bertz CT molecular complexity index is 230. The van der Waals surface area contributed by atoms with E-state index in [9.17, 15) is 4.79 Å². The molecule has 0 aliphatic carbocycles. The van der Waals surface area contributed by atoms with Crippen molar-refractivity contribution in [3.8, 4) is 0 Å². The summed E-state index contributed by atoms with van der Waals surface area (Å²) >= 11 is 0. The van der Waals surface area contributed by atoms with Crippen molar-refractivity contribution < 1.29 is 4.79 Å². The van der Waals surface area contributed by atoms with Crippen molar-refractivity contribution in [2.45, 2.75) is 45.1 Å². The summed E-state index contributed by atoms with van der Waals surface area (Å²) in [5, 5.41) is 6.12. The van der Waals surface area contributed by atoms with E-state index in [0.29, 0.717) is 12.5 Å². The van der Waals surface area contributed by atoms with Crippen LogP contribution in [0, 0.1) is 0 Å². The van der Waals surface area contributed by atoms with E-state index in [-0.39, 0.29) is 30.7 Å². The number of halogens is 2. The minimum absolute atomic E-state index is 0. The molecular weight excluding hydrogens is 285 g/mol. The second kappa shape index (κ2) is 13.0. The average molecular weight is 314 g/mol. The van der Waals surface area contributed by atoms with Crippen molar-refractivity contribution in [1.29, 1.82) is 0 Å². The molecule has 1 heterocycles. The van der Waals surface area contributed by atoms with E-state index < -0.39 is 0 Å². The lowest BCUT2D eigenvalue weighted by Crippen LogP contribution is -2.46. The molecule has 1 atom stereocenters. The molecule has 0 radical (unpaired) electrons. The van der Waals surface area contributed by atoms with Gasteiger partial charge in [-0.2, -0.15) is 0 Å². The normalized spacial score (nSPS) is 19.2. The largest absolute Gasteiger partial charge is 0.355 e. The zero-order valence-electron chi connectivity index (χ0n) is 12.1. The number of piperidine rings is 1. The third kappa shape index (κ3) is 8.69. The van der Waals surface area contributed by atoms with Gasteiger partial charge in [-0.25, -0.2) is 0 Å². The van der Waals surface area contributed by atoms with E-state index in [2.05, 4.69) is 22.5 Å². The summed E-state index contributed by atoms with van der Waals surface area (Å²) in [6.07, 6.45) is 5.39. The van der Waals surface area contributed by atoms with Crippen molar-refractivity contribution in [2.75, 3.05) is 33.2 Å². The summed E-state index contributed by atoms with van der Waals surface area (Å²) in [4.78, 5) is 14.1. The predicted octanol–water partition coefficient (Wildman–Crippen LogP) is 1.82. The van der Waals surface area contributed by atoms with Crippen LogP contribution < -0.4 is 10.6 Å². The molecule has 0 spiro atoms. The SMILES string of the molecule is CCN1CCCCC1CNC(=O)CCCNC.Cl.Cl. The standard InChI is InChI=1S/C13H27N3O.2ClH/c1-3-16-10-5-4-7-12(16)11-15-13(17)8-6-9-14-2;;/h12,14H,3-11H2,1-2H3,(H,15,17);2*1H. The fourth-order valence-corrected chi connectivity index (χ4v) is 2.45. The van der Waals surface area contributed by atoms with Crippen LogP contribution >= 0.6 is 24.8 Å². The van der Waals surface area contributed by atoms with Crippen LogP contribution in [-0.4, -0.2) is 50.1 Å². The van der Waals surface area contributed by atoms with Gasteiger partial charge in [0.1, 0.15) is 0 Å². The minimum atomic E-state index is 0. The third-order valence-electron chi connectivity index (χ3n) is 3.52. The van der Waals surface area contributed by atoms with Gasteiger partial charge in [0.25, 0.3) is 0 Å². The number of carbonyl (C=O) groups excluding carboxylic acids is 1. The van der Waals surface area contributed by atoms with Gasteiger partial charge in [-0.1, -0.05) is 13.3 Å². The Morgan fingerprint density at radius 2 is 2.05 bits per heavy atom. The molecule has 2 N–H and O–H groups in total. The van der Waals surface area contributed by atoms with Crippen molar-refractivity contribution in [3.05, 3.63) is 0 Å². The molecule has 0 saturated carbocycles. The Balaban J connectivity index is 0. The van der Waals surface area contributed by atoms with Crippen molar-refractivity contribution >= 4 is 30.7 Å². The molecule has 116 valence electrons. The first kappa shape index (κ1) is 21.3. The molecule has 0 aromatic rings. The number of amides is 1. The lowest BCUT2D eigenvalue weighted by molar-refractivity contribution is -0.121. The topological polar surface area (TPSA) is 44.4 Å². The smallest absolute Gasteiger partial charge is 0.220 e. The Kier molecular flexibility index (Phi) is 14.5. The first-order valence-electron chi connectivity index (χ1n) is 6.93. The van der Waals surface area contributed by atoms with Crippen LogP contribution in [0.15, 0.2) is 0 Å². The van der Waals surface area contributed by atoms with Gasteiger partial charge in [-0.15, -0.1) is 24.8 Å². The molecule has 4 nitrogen and oxygen atoms in total. The molecule has 1 aliphatic rings. The Hall–Kier alpha value is -0.0300. The van der Waals surface area contributed by atoms with Crippen LogP contribution in [0.2, 0.25) is 0 Å². The summed E-state index contributed by atoms with van der Waals surface area (Å²) in [5.74, 6) is 0.196. The zero-order valence-corrected chi connectivity index (χ0v) is 13.7. The maximum absolute atomic E-state index is 11.6. The van der Waals surface area contributed by atoms with Gasteiger partial charge >= 0.3 is 0 Å². The van der Waals surface area contributed by atoms with E-state index in [0.717, 1.165) is 26.1 Å². The highest BCUT2D eigenvalue weighted by Crippen LogP contribution is 2.15. The highest BCUT2D eigenvalue weighted by molar-refractivity contribution is 5.85. The predicted molar refractivity (Wildman–Crippen MR) is 85.6 cm³/mol. The molecular formula is C13H29Cl2N3O. The Labute approximate surface area is 129 Å². The monoisotopic (exact) mass is 313 g/mol. The molecule has 1 rings (SSSR count). The Morgan fingerprint density at radius 1 is 1.32 bits per heavy atom. The number of rotatable bonds is 7. The molecule has 1 unspecified atom stereocenters. The van der Waals surface area contributed by atoms with Gasteiger partial charge in [0.15, 0.2) is 0 Å². The van der Waals surface area contributed by atoms with Gasteiger partial charge in [-0.05, 0) is 45.9 Å². The van der Waals surface area contributed by atoms with Gasteiger partial charge in [0.2, 0.25) is 5.91 Å². The summed E-state index contributed by atoms with van der Waals surface area (Å²) in [5.41, 5.74) is 0. The quantitative estimate of drug-likeness (QED) is 0.705. The van der Waals surface area contributed by atoms with Gasteiger partial charge in [0, 0.05) is 19.0 Å². The number of nitrogens with one attached hydrogen (secondary N) is 2. The van der Waals surface area contributed by atoms with Gasteiger partial charge in [-0.3, -0.25) is 9.69 Å². The molecule has 19 heavy (non-hydrogen) atoms. The molecule has 1 amide bonds. The molecule has 1 aliphatic heterocycles. The second-order valence-corrected chi connectivity index (χ2v) is 4.79. The first-order chi connectivity index (χ1) is 8.27. The highest BCUT2D eigenvalue weighted by atomic mass is 35.5. The maximum atomic E-state index is 11.6. The van der Waals surface area contributed by atoms with Crippen molar-refractivity contribution in [1.82, 2.24) is 15.5 Å². The molecule has 6 heteroatoms. The summed E-state index contributed by atoms with van der Waals surface area (Å²) in [6.45, 7) is 6.23. The fraction of sp³-hybridized carbons (Fsp3) is 0.923. The molecule has 0 aromatic heterocycles. The van der Waals surface area contributed by atoms with Crippen LogP contribution in [0.25, 0.3) is 0 Å². The van der Waals surface area contributed by atoms with Gasteiger partial charge in [0.05, 0.1) is 0 Å². The molecule has 0 aromatic carbocycles. The van der Waals surface area contributed by atoms with Crippen LogP contribution in [0.4, 0.5) is 0 Å². The summed E-state index contributed by atoms with van der Waals surface area (Å²) < 4.78 is 0. The van der Waals surface area contributed by atoms with Crippen molar-refractivity contribution in [2.24, 2.45) is 0 Å². The minimum Gasteiger partial charge on any atom is -0.355 e. The number of nitrogens with zero attached hydrogens (tertiary/aromatic N) is 1. The molecule has 0 bridgehead atoms. The fourth-order valence-electron chi connectivity index (χ4n) is 2.45. The lowest BCUT2D eigenvalue weighted by Gasteiger charge is -2.34. The lowest BCUT2D eigenvalue weighted by atomic mass is 10.0. The van der Waals surface area contributed by atoms with Crippen LogP contribution in [0.1, 0.15) is 39.0 Å². The molecule has 1 fully saturated rings. The zero-order chi connectivity index (χ0) is 12.5. The van der Waals surface area contributed by atoms with Crippen LogP contribution in [-0.2, 0) is 4.79 Å². The third-order valence-corrected chi connectivity index (χ3v) is 3.52. The number of likely N-dealkylation sites (tertiary alicyclic amines) is 1. The number of likely N-dealkylation sites (N-methyl/N-ethyl adjacent to an activating group) is 1. The van der Waals surface area contributed by atoms with E-state index in [1.54, 1.807) is 0 Å². The number of carbonyl (C=O) groups is 1. The number of hydrogen-bond acceptors (Lipinski definition) is 3. The molecule has 1 saturated heterocycles. The van der Waals surface area contributed by atoms with E-state index in [4.69, 9.17) is 0 Å². The van der Waals surface area contributed by atoms with Gasteiger partial charge < -0.3 is 10.6 Å². The average Bonchev–Trinajstić information content (AvgIpc) is 2.37. The van der Waals surface area contributed by atoms with Crippen molar-refractivity contribution in [3.63, 3.8) is 0 Å². The second-order valence-electron chi connectivity index (χ2n) is 4.79. The highest BCUT2D eigenvalue weighted by Gasteiger charge is 2.20. The summed E-state index contributed by atoms with van der Waals surface area (Å²) in [7, 11) is 1.92. The first-order valence-corrected chi connectivity index (χ1v) is 6.93.